The SMILES string of the molecule is CCCCC1CCC(C2CCC(C3CCC(CCCO)CC3)C(CC)C2)CC1. The van der Waals surface area contributed by atoms with Crippen LogP contribution in [0, 0.1) is 41.4 Å². The summed E-state index contributed by atoms with van der Waals surface area (Å²) < 4.78 is 0. The molecule has 0 heterocycles. The topological polar surface area (TPSA) is 20.2 Å². The van der Waals surface area contributed by atoms with Gasteiger partial charge < -0.3 is 5.11 Å². The molecule has 0 aromatic rings. The summed E-state index contributed by atoms with van der Waals surface area (Å²) in [5.41, 5.74) is 0. The zero-order chi connectivity index (χ0) is 19.8. The van der Waals surface area contributed by atoms with Gasteiger partial charge in [0.15, 0.2) is 0 Å². The van der Waals surface area contributed by atoms with Gasteiger partial charge in [-0.3, -0.25) is 0 Å². The Labute approximate surface area is 176 Å². The fourth-order valence-corrected chi connectivity index (χ4v) is 7.57. The molecule has 0 spiro atoms. The monoisotopic (exact) mass is 390 g/mol. The van der Waals surface area contributed by atoms with Gasteiger partial charge in [-0.2, -0.15) is 0 Å². The van der Waals surface area contributed by atoms with Crippen molar-refractivity contribution < 1.29 is 5.11 Å². The van der Waals surface area contributed by atoms with E-state index in [1.54, 1.807) is 44.9 Å². The molecule has 3 aliphatic rings. The van der Waals surface area contributed by atoms with Gasteiger partial charge >= 0.3 is 0 Å². The zero-order valence-electron chi connectivity index (χ0n) is 19.2. The summed E-state index contributed by atoms with van der Waals surface area (Å²) in [7, 11) is 0. The number of aliphatic hydroxyl groups excluding tert-OH is 1. The molecule has 1 N–H and O–H groups in total. The molecule has 0 aliphatic heterocycles. The van der Waals surface area contributed by atoms with Crippen LogP contribution in [0.1, 0.15) is 123 Å². The van der Waals surface area contributed by atoms with Gasteiger partial charge in [-0.05, 0) is 99.2 Å². The highest BCUT2D eigenvalue weighted by Crippen LogP contribution is 2.49. The van der Waals surface area contributed by atoms with Crippen molar-refractivity contribution in [1.82, 2.24) is 0 Å². The van der Waals surface area contributed by atoms with Crippen LogP contribution in [0.15, 0.2) is 0 Å². The van der Waals surface area contributed by atoms with Crippen molar-refractivity contribution in [3.63, 3.8) is 0 Å². The molecule has 0 amide bonds. The minimum Gasteiger partial charge on any atom is -0.396 e. The van der Waals surface area contributed by atoms with Crippen molar-refractivity contribution in [2.24, 2.45) is 41.4 Å². The Morgan fingerprint density at radius 3 is 1.79 bits per heavy atom. The molecule has 1 nitrogen and oxygen atoms in total. The quantitative estimate of drug-likeness (QED) is 0.423. The lowest BCUT2D eigenvalue weighted by atomic mass is 9.60. The minimum absolute atomic E-state index is 0.391. The third-order valence-corrected chi connectivity index (χ3v) is 9.40. The van der Waals surface area contributed by atoms with Gasteiger partial charge in [0.1, 0.15) is 0 Å². The van der Waals surface area contributed by atoms with E-state index in [0.717, 1.165) is 47.8 Å². The first-order chi connectivity index (χ1) is 13.7. The van der Waals surface area contributed by atoms with Crippen molar-refractivity contribution >= 4 is 0 Å². The Bertz CT molecular complexity index is 402. The van der Waals surface area contributed by atoms with Crippen LogP contribution in [0.4, 0.5) is 0 Å². The molecule has 3 saturated carbocycles. The molecule has 3 rings (SSSR count). The first-order valence-corrected chi connectivity index (χ1v) is 13.4. The van der Waals surface area contributed by atoms with Crippen molar-refractivity contribution in [3.8, 4) is 0 Å². The summed E-state index contributed by atoms with van der Waals surface area (Å²) in [4.78, 5) is 0. The fraction of sp³-hybridized carbons (Fsp3) is 1.00. The number of hydrogen-bond donors (Lipinski definition) is 1. The molecule has 0 radical (unpaired) electrons. The highest BCUT2D eigenvalue weighted by molar-refractivity contribution is 4.89. The van der Waals surface area contributed by atoms with Crippen molar-refractivity contribution in [3.05, 3.63) is 0 Å². The molecule has 3 aliphatic carbocycles. The first kappa shape index (κ1) is 22.6. The van der Waals surface area contributed by atoms with Gasteiger partial charge in [0.2, 0.25) is 0 Å². The molecule has 0 saturated heterocycles. The summed E-state index contributed by atoms with van der Waals surface area (Å²) in [5, 5.41) is 9.10. The molecule has 28 heavy (non-hydrogen) atoms. The second kappa shape index (κ2) is 12.0. The smallest absolute Gasteiger partial charge is 0.0431 e. The molecule has 3 unspecified atom stereocenters. The first-order valence-electron chi connectivity index (χ1n) is 13.4. The van der Waals surface area contributed by atoms with E-state index in [-0.39, 0.29) is 0 Å². The Balaban J connectivity index is 1.43. The lowest BCUT2D eigenvalue weighted by molar-refractivity contribution is 0.0518. The molecule has 1 heteroatoms. The van der Waals surface area contributed by atoms with Crippen molar-refractivity contribution in [2.45, 2.75) is 123 Å². The lowest BCUT2D eigenvalue weighted by Gasteiger charge is -2.45. The van der Waals surface area contributed by atoms with E-state index in [1.807, 2.05) is 0 Å². The Kier molecular flexibility index (Phi) is 9.68. The molecule has 0 aromatic heterocycles. The molecule has 3 fully saturated rings. The molecule has 0 aromatic carbocycles. The van der Waals surface area contributed by atoms with Gasteiger partial charge in [0, 0.05) is 6.61 Å². The Hall–Kier alpha value is -0.0400. The van der Waals surface area contributed by atoms with E-state index in [1.165, 1.54) is 57.8 Å². The van der Waals surface area contributed by atoms with Crippen molar-refractivity contribution in [2.75, 3.05) is 6.61 Å². The van der Waals surface area contributed by atoms with E-state index in [4.69, 9.17) is 5.11 Å². The number of hydrogen-bond acceptors (Lipinski definition) is 1. The van der Waals surface area contributed by atoms with Gasteiger partial charge in [0.25, 0.3) is 0 Å². The maximum atomic E-state index is 9.10. The second-order valence-electron chi connectivity index (χ2n) is 11.0. The maximum absolute atomic E-state index is 9.10. The highest BCUT2D eigenvalue weighted by Gasteiger charge is 2.38. The summed E-state index contributed by atoms with van der Waals surface area (Å²) in [6, 6.07) is 0. The average molecular weight is 391 g/mol. The predicted molar refractivity (Wildman–Crippen MR) is 121 cm³/mol. The Morgan fingerprint density at radius 1 is 0.643 bits per heavy atom. The lowest BCUT2D eigenvalue weighted by Crippen LogP contribution is -2.35. The summed E-state index contributed by atoms with van der Waals surface area (Å²) in [6.45, 7) is 5.22. The van der Waals surface area contributed by atoms with E-state index in [0.29, 0.717) is 6.61 Å². The van der Waals surface area contributed by atoms with Crippen LogP contribution in [0.3, 0.4) is 0 Å². The van der Waals surface area contributed by atoms with Gasteiger partial charge in [-0.25, -0.2) is 0 Å². The summed E-state index contributed by atoms with van der Waals surface area (Å²) >= 11 is 0. The number of rotatable bonds is 9. The van der Waals surface area contributed by atoms with Crippen LogP contribution < -0.4 is 0 Å². The largest absolute Gasteiger partial charge is 0.396 e. The van der Waals surface area contributed by atoms with Crippen LogP contribution in [-0.4, -0.2) is 11.7 Å². The fourth-order valence-electron chi connectivity index (χ4n) is 7.57. The van der Waals surface area contributed by atoms with Crippen LogP contribution in [-0.2, 0) is 0 Å². The van der Waals surface area contributed by atoms with E-state index >= 15 is 0 Å². The third kappa shape index (κ3) is 6.23. The highest BCUT2D eigenvalue weighted by atomic mass is 16.2. The third-order valence-electron chi connectivity index (χ3n) is 9.40. The molecule has 3 atom stereocenters. The van der Waals surface area contributed by atoms with E-state index in [2.05, 4.69) is 13.8 Å². The second-order valence-corrected chi connectivity index (χ2v) is 11.0. The zero-order valence-corrected chi connectivity index (χ0v) is 19.2. The van der Waals surface area contributed by atoms with Gasteiger partial charge in [-0.1, -0.05) is 65.2 Å². The van der Waals surface area contributed by atoms with Crippen LogP contribution in [0.25, 0.3) is 0 Å². The maximum Gasteiger partial charge on any atom is 0.0431 e. The molecular formula is C27H50O. The number of aliphatic hydroxyl groups is 1. The predicted octanol–water partition coefficient (Wildman–Crippen LogP) is 8.00. The van der Waals surface area contributed by atoms with Crippen LogP contribution in [0.5, 0.6) is 0 Å². The molecular weight excluding hydrogens is 340 g/mol. The van der Waals surface area contributed by atoms with Gasteiger partial charge in [0.05, 0.1) is 0 Å². The van der Waals surface area contributed by atoms with E-state index < -0.39 is 0 Å². The summed E-state index contributed by atoms with van der Waals surface area (Å²) in [6.07, 6.45) is 24.8. The number of unbranched alkanes of at least 4 members (excludes halogenated alkanes) is 1. The normalized spacial score (nSPS) is 39.8. The summed E-state index contributed by atoms with van der Waals surface area (Å²) in [5.74, 6) is 7.21. The van der Waals surface area contributed by atoms with Crippen molar-refractivity contribution in [1.29, 1.82) is 0 Å². The van der Waals surface area contributed by atoms with Crippen LogP contribution >= 0.6 is 0 Å². The van der Waals surface area contributed by atoms with E-state index in [9.17, 15) is 0 Å². The average Bonchev–Trinajstić information content (AvgIpc) is 2.76. The Morgan fingerprint density at radius 2 is 1.21 bits per heavy atom. The molecule has 164 valence electrons. The minimum atomic E-state index is 0.391. The molecule has 0 bridgehead atoms. The van der Waals surface area contributed by atoms with Gasteiger partial charge in [-0.15, -0.1) is 0 Å². The van der Waals surface area contributed by atoms with Crippen LogP contribution in [0.2, 0.25) is 0 Å². The standard InChI is InChI=1S/C27H50O/c1-3-5-7-21-9-13-24(14-10-21)26-17-18-27(23(4-2)20-26)25-15-11-22(12-16-25)8-6-19-28/h21-28H,3-20H2,1-2H3.